The first-order chi connectivity index (χ1) is 9.44. The molecule has 2 heterocycles. The van der Waals surface area contributed by atoms with E-state index in [1.54, 1.807) is 0 Å². The van der Waals surface area contributed by atoms with Crippen LogP contribution in [-0.4, -0.2) is 43.2 Å². The number of hydrogen-bond donors (Lipinski definition) is 1. The van der Waals surface area contributed by atoms with E-state index in [1.807, 2.05) is 6.92 Å². The van der Waals surface area contributed by atoms with Crippen molar-refractivity contribution in [1.82, 2.24) is 0 Å². The lowest BCUT2D eigenvalue weighted by Gasteiger charge is -2.60. The summed E-state index contributed by atoms with van der Waals surface area (Å²) in [5.74, 6) is 0. The van der Waals surface area contributed by atoms with Crippen molar-refractivity contribution in [1.29, 1.82) is 0 Å². The number of fused-ring (bicyclic) bond motifs is 4. The molecule has 0 aromatic carbocycles. The molecule has 0 aromatic heterocycles. The van der Waals surface area contributed by atoms with Crippen molar-refractivity contribution in [3.63, 3.8) is 0 Å². The van der Waals surface area contributed by atoms with Crippen molar-refractivity contribution < 1.29 is 14.6 Å². The number of aliphatic hydroxyl groups is 1. The quantitative estimate of drug-likeness (QED) is 0.459. The van der Waals surface area contributed by atoms with Crippen LogP contribution in [0.1, 0.15) is 40.5 Å². The molecule has 3 nitrogen and oxygen atoms in total. The largest absolute Gasteiger partial charge is 0.392 e. The van der Waals surface area contributed by atoms with Crippen LogP contribution in [-0.2, 0) is 9.47 Å². The van der Waals surface area contributed by atoms with Crippen LogP contribution < -0.4 is 0 Å². The predicted octanol–water partition coefficient (Wildman–Crippen LogP) is 3.58. The van der Waals surface area contributed by atoms with Gasteiger partial charge in [0.05, 0.1) is 11.0 Å². The molecule has 0 aromatic rings. The van der Waals surface area contributed by atoms with Crippen LogP contribution in [0.4, 0.5) is 0 Å². The Labute approximate surface area is 147 Å². The van der Waals surface area contributed by atoms with E-state index in [9.17, 15) is 5.11 Å². The Bertz CT molecular complexity index is 527. The molecule has 4 rings (SSSR count). The van der Waals surface area contributed by atoms with Crippen molar-refractivity contribution in [3.8, 4) is 0 Å². The molecule has 0 bridgehead atoms. The molecule has 4 aliphatic rings. The van der Waals surface area contributed by atoms with Gasteiger partial charge in [-0.3, -0.25) is 0 Å². The number of ether oxygens (including phenoxy) is 2. The number of rotatable bonds is 0. The van der Waals surface area contributed by atoms with Crippen LogP contribution in [0.3, 0.4) is 0 Å². The maximum absolute atomic E-state index is 11.1. The highest BCUT2D eigenvalue weighted by Crippen LogP contribution is 2.80. The van der Waals surface area contributed by atoms with E-state index in [4.69, 9.17) is 21.1 Å². The third kappa shape index (κ3) is 1.49. The lowest BCUT2D eigenvalue weighted by molar-refractivity contribution is -0.151. The van der Waals surface area contributed by atoms with Crippen molar-refractivity contribution in [2.45, 2.75) is 78.7 Å². The normalized spacial score (nSPS) is 67.4. The lowest BCUT2D eigenvalue weighted by atomic mass is 9.46. The van der Waals surface area contributed by atoms with Crippen molar-refractivity contribution in [3.05, 3.63) is 0 Å². The summed E-state index contributed by atoms with van der Waals surface area (Å²) in [4.78, 5) is -0.315. The number of halogens is 3. The van der Waals surface area contributed by atoms with Gasteiger partial charge in [-0.1, -0.05) is 45.7 Å². The number of epoxide rings is 2. The minimum absolute atomic E-state index is 0.0685. The maximum atomic E-state index is 11.1. The molecule has 1 spiro atoms. The van der Waals surface area contributed by atoms with Gasteiger partial charge in [0.2, 0.25) is 0 Å². The monoisotopic (exact) mass is 442 g/mol. The highest BCUT2D eigenvalue weighted by molar-refractivity contribution is 9.10. The third-order valence-corrected chi connectivity index (χ3v) is 10.6. The number of hydrogen-bond acceptors (Lipinski definition) is 3. The van der Waals surface area contributed by atoms with Gasteiger partial charge < -0.3 is 14.6 Å². The highest BCUT2D eigenvalue weighted by Gasteiger charge is 2.90. The summed E-state index contributed by atoms with van der Waals surface area (Å²) in [6.45, 7) is 8.50. The lowest BCUT2D eigenvalue weighted by Crippen LogP contribution is -2.68. The minimum atomic E-state index is -0.515. The average Bonchev–Trinajstić information content (AvgIpc) is 3.19. The van der Waals surface area contributed by atoms with Crippen molar-refractivity contribution in [2.75, 3.05) is 0 Å². The van der Waals surface area contributed by atoms with Crippen LogP contribution >= 0.6 is 43.5 Å². The fourth-order valence-electron chi connectivity index (χ4n) is 5.29. The second kappa shape index (κ2) is 3.85. The SMILES string of the molecule is CC1(C)[C@@]2(Br)O[C@H]2[C@@H]2O[C@]2(C)[C@]12C[C@H](Br)[C@@](C)(Cl)C[C@@H]2O. The summed E-state index contributed by atoms with van der Waals surface area (Å²) in [6.07, 6.45) is 0.969. The Morgan fingerprint density at radius 3 is 2.33 bits per heavy atom. The van der Waals surface area contributed by atoms with E-state index in [-0.39, 0.29) is 33.5 Å². The zero-order chi connectivity index (χ0) is 15.6. The second-order valence-corrected chi connectivity index (χ2v) is 11.2. The Hall–Kier alpha value is 1.13. The maximum Gasteiger partial charge on any atom is 0.157 e. The van der Waals surface area contributed by atoms with Gasteiger partial charge >= 0.3 is 0 Å². The summed E-state index contributed by atoms with van der Waals surface area (Å²) >= 11 is 14.2. The number of alkyl halides is 3. The smallest absolute Gasteiger partial charge is 0.157 e. The van der Waals surface area contributed by atoms with E-state index in [1.165, 1.54) is 0 Å². The Morgan fingerprint density at radius 2 is 1.71 bits per heavy atom. The molecule has 0 amide bonds. The molecule has 2 saturated heterocycles. The predicted molar refractivity (Wildman–Crippen MR) is 88.2 cm³/mol. The summed E-state index contributed by atoms with van der Waals surface area (Å²) in [6, 6.07) is 0. The molecule has 2 saturated carbocycles. The number of aliphatic hydroxyl groups excluding tert-OH is 1. The molecule has 120 valence electrons. The van der Waals surface area contributed by atoms with Crippen LogP contribution in [0.5, 0.6) is 0 Å². The summed E-state index contributed by atoms with van der Waals surface area (Å²) in [5.41, 5.74) is -0.983. The van der Waals surface area contributed by atoms with Gasteiger partial charge in [-0.05, 0) is 26.7 Å². The molecule has 1 N–H and O–H groups in total. The van der Waals surface area contributed by atoms with Gasteiger partial charge in [0.1, 0.15) is 17.8 Å². The molecule has 6 heteroatoms. The first-order valence-corrected chi connectivity index (χ1v) is 9.58. The van der Waals surface area contributed by atoms with E-state index in [0.29, 0.717) is 6.42 Å². The highest BCUT2D eigenvalue weighted by atomic mass is 79.9. The van der Waals surface area contributed by atoms with Crippen molar-refractivity contribution >= 4 is 43.5 Å². The van der Waals surface area contributed by atoms with Gasteiger partial charge in [0, 0.05) is 15.7 Å². The molecule has 2 aliphatic heterocycles. The molecule has 0 unspecified atom stereocenters. The Balaban J connectivity index is 1.85. The first-order valence-electron chi connectivity index (χ1n) is 7.50. The first kappa shape index (κ1) is 15.6. The fraction of sp³-hybridized carbons (Fsp3) is 1.00. The molecule has 0 radical (unpaired) electrons. The Morgan fingerprint density at radius 1 is 1.10 bits per heavy atom. The van der Waals surface area contributed by atoms with Gasteiger partial charge in [0.25, 0.3) is 0 Å². The Kier molecular flexibility index (Phi) is 2.87. The molecular weight excluding hydrogens is 423 g/mol. The van der Waals surface area contributed by atoms with E-state index < -0.39 is 15.5 Å². The van der Waals surface area contributed by atoms with E-state index in [2.05, 4.69) is 52.6 Å². The molecule has 21 heavy (non-hydrogen) atoms. The molecule has 4 fully saturated rings. The molecular formula is C15H21Br2ClO3. The topological polar surface area (TPSA) is 45.3 Å². The third-order valence-electron chi connectivity index (χ3n) is 6.91. The van der Waals surface area contributed by atoms with Crippen LogP contribution in [0.25, 0.3) is 0 Å². The van der Waals surface area contributed by atoms with E-state index >= 15 is 0 Å². The van der Waals surface area contributed by atoms with Gasteiger partial charge in [-0.25, -0.2) is 0 Å². The van der Waals surface area contributed by atoms with Gasteiger partial charge in [0.15, 0.2) is 4.51 Å². The van der Waals surface area contributed by atoms with Crippen molar-refractivity contribution in [2.24, 2.45) is 10.8 Å². The van der Waals surface area contributed by atoms with E-state index in [0.717, 1.165) is 6.42 Å². The van der Waals surface area contributed by atoms with Crippen LogP contribution in [0.15, 0.2) is 0 Å². The van der Waals surface area contributed by atoms with Crippen LogP contribution in [0.2, 0.25) is 0 Å². The zero-order valence-corrected chi connectivity index (χ0v) is 16.5. The van der Waals surface area contributed by atoms with Gasteiger partial charge in [-0.15, -0.1) is 11.6 Å². The van der Waals surface area contributed by atoms with Crippen LogP contribution in [0, 0.1) is 10.8 Å². The minimum Gasteiger partial charge on any atom is -0.392 e. The second-order valence-electron chi connectivity index (χ2n) is 8.09. The summed E-state index contributed by atoms with van der Waals surface area (Å²) < 4.78 is 11.7. The summed E-state index contributed by atoms with van der Waals surface area (Å²) in [5, 5.41) is 11.1. The zero-order valence-electron chi connectivity index (χ0n) is 12.6. The standard InChI is InChI=1S/C15H21Br2ClO3/c1-11(2)14(5-7(16)12(3,18)6-8(14)19)13(4)9(20-13)10-15(11,17)21-10/h7-10,19H,5-6H2,1-4H3/t7-,8-,9-,10-,12-,13-,14-,15-/m0/s1. The molecule has 8 atom stereocenters. The molecule has 2 aliphatic carbocycles. The fourth-order valence-corrected chi connectivity index (χ4v) is 7.01. The summed E-state index contributed by atoms with van der Waals surface area (Å²) in [7, 11) is 0. The average molecular weight is 445 g/mol. The van der Waals surface area contributed by atoms with Gasteiger partial charge in [-0.2, -0.15) is 0 Å².